The summed E-state index contributed by atoms with van der Waals surface area (Å²) in [6.45, 7) is 0. The van der Waals surface area contributed by atoms with E-state index in [1.54, 1.807) is 18.5 Å². The third-order valence-electron chi connectivity index (χ3n) is 3.17. The molecular weight excluding hydrogens is 214 g/mol. The number of rotatable bonds is 3. The van der Waals surface area contributed by atoms with Crippen LogP contribution < -0.4 is 0 Å². The second kappa shape index (κ2) is 3.68. The quantitative estimate of drug-likeness (QED) is 0.644. The number of hydrogen-bond acceptors (Lipinski definition) is 3. The fraction of sp³-hybridized carbons (Fsp3) is 0.231. The van der Waals surface area contributed by atoms with Gasteiger partial charge in [0.05, 0.1) is 5.54 Å². The molecule has 0 aliphatic heterocycles. The lowest BCUT2D eigenvalue weighted by molar-refractivity contribution is 0.556. The topological polar surface area (TPSA) is 58.1 Å². The maximum atomic E-state index is 10.5. The number of isocyanates is 1. The molecule has 0 atom stereocenters. The predicted molar refractivity (Wildman–Crippen MR) is 63.1 cm³/mol. The highest BCUT2D eigenvalue weighted by atomic mass is 16.1. The molecule has 4 heteroatoms. The number of aromatic nitrogens is 2. The number of hydrogen-bond donors (Lipinski definition) is 1. The molecule has 17 heavy (non-hydrogen) atoms. The van der Waals surface area contributed by atoms with Gasteiger partial charge in [0.25, 0.3) is 0 Å². The van der Waals surface area contributed by atoms with Crippen molar-refractivity contribution in [2.45, 2.75) is 18.4 Å². The van der Waals surface area contributed by atoms with Crippen LogP contribution in [-0.2, 0) is 10.3 Å². The first-order chi connectivity index (χ1) is 8.36. The van der Waals surface area contributed by atoms with E-state index in [9.17, 15) is 4.79 Å². The number of nitrogens with one attached hydrogen (secondary N) is 1. The molecular formula is C13H11N3O. The number of carbonyl (C=O) groups excluding carboxylic acids is 1. The molecule has 2 aromatic rings. The van der Waals surface area contributed by atoms with E-state index in [1.807, 2.05) is 24.3 Å². The van der Waals surface area contributed by atoms with Crippen molar-refractivity contribution in [3.63, 3.8) is 0 Å². The molecule has 1 saturated carbocycles. The lowest BCUT2D eigenvalue weighted by atomic mass is 9.98. The van der Waals surface area contributed by atoms with Crippen molar-refractivity contribution in [2.24, 2.45) is 4.99 Å². The SMILES string of the molecule is O=C=NC1(c2ccccc2-c2ncc[nH]2)CC1. The van der Waals surface area contributed by atoms with E-state index in [4.69, 9.17) is 0 Å². The zero-order valence-electron chi connectivity index (χ0n) is 9.18. The first-order valence-corrected chi connectivity index (χ1v) is 5.54. The molecule has 1 N–H and O–H groups in total. The molecule has 0 amide bonds. The normalized spacial score (nSPS) is 16.2. The van der Waals surface area contributed by atoms with E-state index in [-0.39, 0.29) is 5.54 Å². The van der Waals surface area contributed by atoms with Gasteiger partial charge in [-0.1, -0.05) is 24.3 Å². The van der Waals surface area contributed by atoms with Gasteiger partial charge in [0.2, 0.25) is 6.08 Å². The Hall–Kier alpha value is -2.19. The average molecular weight is 225 g/mol. The summed E-state index contributed by atoms with van der Waals surface area (Å²) in [6, 6.07) is 7.92. The zero-order chi connectivity index (χ0) is 11.7. The number of benzene rings is 1. The minimum atomic E-state index is -0.356. The Morgan fingerprint density at radius 1 is 1.35 bits per heavy atom. The standard InChI is InChI=1S/C13H11N3O/c17-9-16-13(5-6-13)11-4-2-1-3-10(11)12-14-7-8-15-12/h1-4,7-8H,5-6H2,(H,14,15). The Labute approximate surface area is 98.4 Å². The summed E-state index contributed by atoms with van der Waals surface area (Å²) in [5.41, 5.74) is 1.71. The maximum Gasteiger partial charge on any atom is 0.235 e. The summed E-state index contributed by atoms with van der Waals surface area (Å²) in [4.78, 5) is 21.8. The van der Waals surface area contributed by atoms with Gasteiger partial charge in [-0.25, -0.2) is 9.78 Å². The third kappa shape index (κ3) is 1.59. The zero-order valence-corrected chi connectivity index (χ0v) is 9.18. The minimum absolute atomic E-state index is 0.356. The van der Waals surface area contributed by atoms with Gasteiger partial charge in [0.1, 0.15) is 5.82 Å². The Balaban J connectivity index is 2.15. The molecule has 0 saturated heterocycles. The average Bonchev–Trinajstić information content (AvgIpc) is 2.94. The van der Waals surface area contributed by atoms with E-state index in [0.29, 0.717) is 0 Å². The number of nitrogens with zero attached hydrogens (tertiary/aromatic N) is 2. The Kier molecular flexibility index (Phi) is 2.16. The van der Waals surface area contributed by atoms with Gasteiger partial charge in [0, 0.05) is 18.0 Å². The highest BCUT2D eigenvalue weighted by Gasteiger charge is 2.46. The van der Waals surface area contributed by atoms with Crippen LogP contribution in [0.4, 0.5) is 0 Å². The third-order valence-corrected chi connectivity index (χ3v) is 3.17. The molecule has 1 aromatic heterocycles. The van der Waals surface area contributed by atoms with Crippen LogP contribution in [0, 0.1) is 0 Å². The summed E-state index contributed by atoms with van der Waals surface area (Å²) in [6.07, 6.45) is 6.99. The summed E-state index contributed by atoms with van der Waals surface area (Å²) < 4.78 is 0. The van der Waals surface area contributed by atoms with Crippen LogP contribution in [0.1, 0.15) is 18.4 Å². The lowest BCUT2D eigenvalue weighted by Gasteiger charge is -2.12. The largest absolute Gasteiger partial charge is 0.345 e. The summed E-state index contributed by atoms with van der Waals surface area (Å²) in [5, 5.41) is 0. The van der Waals surface area contributed by atoms with Crippen LogP contribution >= 0.6 is 0 Å². The van der Waals surface area contributed by atoms with Crippen LogP contribution in [0.25, 0.3) is 11.4 Å². The molecule has 0 radical (unpaired) electrons. The number of aliphatic imine (C=N–C) groups is 1. The monoisotopic (exact) mass is 225 g/mol. The second-order valence-electron chi connectivity index (χ2n) is 4.22. The summed E-state index contributed by atoms with van der Waals surface area (Å²) >= 11 is 0. The van der Waals surface area contributed by atoms with Gasteiger partial charge in [-0.05, 0) is 18.4 Å². The van der Waals surface area contributed by atoms with Crippen LogP contribution in [0.2, 0.25) is 0 Å². The van der Waals surface area contributed by atoms with E-state index < -0.39 is 0 Å². The molecule has 1 aromatic carbocycles. The molecule has 3 rings (SSSR count). The van der Waals surface area contributed by atoms with E-state index in [1.165, 1.54) is 0 Å². The molecule has 0 spiro atoms. The van der Waals surface area contributed by atoms with Crippen LogP contribution in [0.5, 0.6) is 0 Å². The van der Waals surface area contributed by atoms with Crippen molar-refractivity contribution in [2.75, 3.05) is 0 Å². The van der Waals surface area contributed by atoms with Crippen molar-refractivity contribution in [1.29, 1.82) is 0 Å². The highest BCUT2D eigenvalue weighted by Crippen LogP contribution is 2.51. The summed E-state index contributed by atoms with van der Waals surface area (Å²) in [5.74, 6) is 0.813. The van der Waals surface area contributed by atoms with E-state index in [0.717, 1.165) is 29.8 Å². The van der Waals surface area contributed by atoms with Gasteiger partial charge in [0.15, 0.2) is 0 Å². The fourth-order valence-electron chi connectivity index (χ4n) is 2.16. The van der Waals surface area contributed by atoms with Crippen molar-refractivity contribution >= 4 is 6.08 Å². The molecule has 1 fully saturated rings. The van der Waals surface area contributed by atoms with Crippen molar-refractivity contribution in [3.05, 3.63) is 42.2 Å². The van der Waals surface area contributed by atoms with Gasteiger partial charge in [-0.2, -0.15) is 4.99 Å². The first kappa shape index (κ1) is 10.00. The van der Waals surface area contributed by atoms with Crippen LogP contribution in [0.3, 0.4) is 0 Å². The van der Waals surface area contributed by atoms with E-state index in [2.05, 4.69) is 15.0 Å². The van der Waals surface area contributed by atoms with E-state index >= 15 is 0 Å². The second-order valence-corrected chi connectivity index (χ2v) is 4.22. The Morgan fingerprint density at radius 2 is 2.18 bits per heavy atom. The number of H-pyrrole nitrogens is 1. The van der Waals surface area contributed by atoms with Gasteiger partial charge < -0.3 is 4.98 Å². The predicted octanol–water partition coefficient (Wildman–Crippen LogP) is 2.40. The highest BCUT2D eigenvalue weighted by molar-refractivity contribution is 5.64. The minimum Gasteiger partial charge on any atom is -0.345 e. The Bertz CT molecular complexity index is 578. The van der Waals surface area contributed by atoms with Crippen molar-refractivity contribution < 1.29 is 4.79 Å². The molecule has 0 unspecified atom stereocenters. The fourth-order valence-corrected chi connectivity index (χ4v) is 2.16. The lowest BCUT2D eigenvalue weighted by Crippen LogP contribution is -2.04. The maximum absolute atomic E-state index is 10.5. The molecule has 1 heterocycles. The molecule has 4 nitrogen and oxygen atoms in total. The number of aromatic amines is 1. The van der Waals surface area contributed by atoms with Crippen molar-refractivity contribution in [3.8, 4) is 11.4 Å². The van der Waals surface area contributed by atoms with Gasteiger partial charge in [-0.3, -0.25) is 0 Å². The number of imidazole rings is 1. The Morgan fingerprint density at radius 3 is 2.82 bits per heavy atom. The molecule has 1 aliphatic carbocycles. The van der Waals surface area contributed by atoms with Gasteiger partial charge >= 0.3 is 0 Å². The smallest absolute Gasteiger partial charge is 0.235 e. The molecule has 0 bridgehead atoms. The molecule has 84 valence electrons. The molecule has 1 aliphatic rings. The van der Waals surface area contributed by atoms with Crippen LogP contribution in [0.15, 0.2) is 41.7 Å². The van der Waals surface area contributed by atoms with Crippen molar-refractivity contribution in [1.82, 2.24) is 9.97 Å². The van der Waals surface area contributed by atoms with Gasteiger partial charge in [-0.15, -0.1) is 0 Å². The summed E-state index contributed by atoms with van der Waals surface area (Å²) in [7, 11) is 0. The first-order valence-electron chi connectivity index (χ1n) is 5.54. The van der Waals surface area contributed by atoms with Crippen LogP contribution in [-0.4, -0.2) is 16.0 Å².